The monoisotopic (exact) mass is 277 g/mol. The summed E-state index contributed by atoms with van der Waals surface area (Å²) >= 11 is 0. The van der Waals surface area contributed by atoms with Crippen molar-refractivity contribution >= 4 is 17.0 Å². The highest BCUT2D eigenvalue weighted by atomic mass is 16.4. The third-order valence-corrected chi connectivity index (χ3v) is 3.78. The zero-order valence-corrected chi connectivity index (χ0v) is 12.1. The summed E-state index contributed by atoms with van der Waals surface area (Å²) in [4.78, 5) is 28.2. The van der Waals surface area contributed by atoms with Crippen molar-refractivity contribution in [3.8, 4) is 0 Å². The Kier molecular flexibility index (Phi) is 3.43. The molecule has 0 radical (unpaired) electrons. The van der Waals surface area contributed by atoms with Crippen molar-refractivity contribution in [2.24, 2.45) is 0 Å². The SMILES string of the molecule is CN(C)C(C)(C)Cn1c(=O)[nH]c2cccc(C(=O)O)c21. The van der Waals surface area contributed by atoms with Gasteiger partial charge >= 0.3 is 11.7 Å². The van der Waals surface area contributed by atoms with Crippen LogP contribution in [-0.4, -0.2) is 45.2 Å². The number of imidazole rings is 1. The lowest BCUT2D eigenvalue weighted by Crippen LogP contribution is -2.44. The number of para-hydroxylation sites is 1. The Morgan fingerprint density at radius 1 is 1.40 bits per heavy atom. The molecule has 0 bridgehead atoms. The second-order valence-corrected chi connectivity index (χ2v) is 5.73. The Morgan fingerprint density at radius 2 is 2.05 bits per heavy atom. The topological polar surface area (TPSA) is 78.3 Å². The van der Waals surface area contributed by atoms with Crippen molar-refractivity contribution in [1.82, 2.24) is 14.5 Å². The number of fused-ring (bicyclic) bond motifs is 1. The first kappa shape index (κ1) is 14.3. The zero-order valence-electron chi connectivity index (χ0n) is 12.1. The van der Waals surface area contributed by atoms with Crippen LogP contribution in [-0.2, 0) is 6.54 Å². The van der Waals surface area contributed by atoms with E-state index in [-0.39, 0.29) is 16.8 Å². The fourth-order valence-corrected chi connectivity index (χ4v) is 2.07. The summed E-state index contributed by atoms with van der Waals surface area (Å²) in [6.45, 7) is 4.41. The molecule has 0 saturated heterocycles. The number of likely N-dealkylation sites (N-methyl/N-ethyl adjacent to an activating group) is 1. The summed E-state index contributed by atoms with van der Waals surface area (Å²) in [5.41, 5.74) is 0.563. The van der Waals surface area contributed by atoms with E-state index in [0.717, 1.165) is 0 Å². The van der Waals surface area contributed by atoms with Gasteiger partial charge in [0.1, 0.15) is 0 Å². The smallest absolute Gasteiger partial charge is 0.337 e. The van der Waals surface area contributed by atoms with Crippen molar-refractivity contribution in [1.29, 1.82) is 0 Å². The van der Waals surface area contributed by atoms with Gasteiger partial charge in [0.05, 0.1) is 16.6 Å². The molecule has 1 aromatic carbocycles. The van der Waals surface area contributed by atoms with Crippen LogP contribution in [0.3, 0.4) is 0 Å². The van der Waals surface area contributed by atoms with E-state index in [2.05, 4.69) is 4.98 Å². The maximum Gasteiger partial charge on any atom is 0.337 e. The lowest BCUT2D eigenvalue weighted by molar-refractivity contribution is 0.0698. The van der Waals surface area contributed by atoms with Gasteiger partial charge in [-0.2, -0.15) is 0 Å². The van der Waals surface area contributed by atoms with Crippen LogP contribution in [0.2, 0.25) is 0 Å². The summed E-state index contributed by atoms with van der Waals surface area (Å²) in [5, 5.41) is 9.28. The molecule has 0 spiro atoms. The number of benzene rings is 1. The Hall–Kier alpha value is -2.08. The van der Waals surface area contributed by atoms with Crippen LogP contribution in [0.4, 0.5) is 0 Å². The predicted octanol–water partition coefficient (Wildman–Crippen LogP) is 1.37. The molecule has 6 nitrogen and oxygen atoms in total. The minimum atomic E-state index is -1.04. The van der Waals surface area contributed by atoms with E-state index in [0.29, 0.717) is 17.6 Å². The third-order valence-electron chi connectivity index (χ3n) is 3.78. The molecule has 0 atom stereocenters. The lowest BCUT2D eigenvalue weighted by atomic mass is 10.0. The van der Waals surface area contributed by atoms with Gasteiger partial charge in [-0.1, -0.05) is 6.07 Å². The second-order valence-electron chi connectivity index (χ2n) is 5.73. The molecular weight excluding hydrogens is 258 g/mol. The first-order valence-electron chi connectivity index (χ1n) is 6.36. The summed E-state index contributed by atoms with van der Waals surface area (Å²) in [6.07, 6.45) is 0. The average molecular weight is 277 g/mol. The van der Waals surface area contributed by atoms with Gasteiger partial charge in [-0.25, -0.2) is 9.59 Å². The largest absolute Gasteiger partial charge is 0.478 e. The predicted molar refractivity (Wildman–Crippen MR) is 77.3 cm³/mol. The average Bonchev–Trinajstić information content (AvgIpc) is 2.65. The van der Waals surface area contributed by atoms with Crippen LogP contribution in [0.5, 0.6) is 0 Å². The highest BCUT2D eigenvalue weighted by Gasteiger charge is 2.25. The minimum absolute atomic E-state index is 0.135. The van der Waals surface area contributed by atoms with Crippen LogP contribution < -0.4 is 5.69 Å². The molecule has 1 aromatic heterocycles. The lowest BCUT2D eigenvalue weighted by Gasteiger charge is -2.32. The Morgan fingerprint density at radius 3 is 2.60 bits per heavy atom. The highest BCUT2D eigenvalue weighted by Crippen LogP contribution is 2.20. The van der Waals surface area contributed by atoms with Gasteiger partial charge in [-0.3, -0.25) is 4.57 Å². The number of carboxylic acids is 1. The molecule has 0 amide bonds. The number of hydrogen-bond donors (Lipinski definition) is 2. The van der Waals surface area contributed by atoms with Gasteiger partial charge in [0.15, 0.2) is 0 Å². The van der Waals surface area contributed by atoms with E-state index < -0.39 is 5.97 Å². The molecule has 108 valence electrons. The molecule has 1 heterocycles. The summed E-state index contributed by atoms with van der Waals surface area (Å²) < 4.78 is 1.50. The van der Waals surface area contributed by atoms with E-state index in [1.165, 1.54) is 10.6 Å². The molecule has 2 N–H and O–H groups in total. The minimum Gasteiger partial charge on any atom is -0.478 e. The standard InChI is InChI=1S/C14H19N3O3/c1-14(2,16(3)4)8-17-11-9(12(18)19)6-5-7-10(11)15-13(17)20/h5-7H,8H2,1-4H3,(H,15,20)(H,18,19). The van der Waals surface area contributed by atoms with E-state index >= 15 is 0 Å². The fourth-order valence-electron chi connectivity index (χ4n) is 2.07. The van der Waals surface area contributed by atoms with E-state index in [9.17, 15) is 14.7 Å². The van der Waals surface area contributed by atoms with Crippen molar-refractivity contribution in [3.05, 3.63) is 34.2 Å². The number of nitrogens with one attached hydrogen (secondary N) is 1. The molecule has 0 unspecified atom stereocenters. The molecule has 6 heteroatoms. The number of H-pyrrole nitrogens is 1. The van der Waals surface area contributed by atoms with Crippen LogP contribution in [0, 0.1) is 0 Å². The molecule has 2 aromatic rings. The van der Waals surface area contributed by atoms with E-state index in [1.54, 1.807) is 12.1 Å². The van der Waals surface area contributed by atoms with Gasteiger partial charge in [-0.05, 0) is 40.1 Å². The molecule has 0 saturated carbocycles. The van der Waals surface area contributed by atoms with E-state index in [1.807, 2.05) is 32.8 Å². The number of carboxylic acid groups (broad SMARTS) is 1. The van der Waals surface area contributed by atoms with Crippen LogP contribution in [0.15, 0.2) is 23.0 Å². The van der Waals surface area contributed by atoms with Crippen molar-refractivity contribution in [2.45, 2.75) is 25.9 Å². The number of nitrogens with zero attached hydrogens (tertiary/aromatic N) is 2. The summed E-state index contributed by atoms with van der Waals surface area (Å²) in [5.74, 6) is -1.04. The molecule has 0 aliphatic carbocycles. The quantitative estimate of drug-likeness (QED) is 0.884. The first-order chi connectivity index (χ1) is 9.24. The highest BCUT2D eigenvalue weighted by molar-refractivity contribution is 6.01. The fraction of sp³-hybridized carbons (Fsp3) is 0.429. The maximum atomic E-state index is 12.1. The third kappa shape index (κ3) is 2.34. The van der Waals surface area contributed by atoms with Crippen molar-refractivity contribution in [3.63, 3.8) is 0 Å². The van der Waals surface area contributed by atoms with Crippen molar-refractivity contribution in [2.75, 3.05) is 14.1 Å². The van der Waals surface area contributed by atoms with Gasteiger partial charge in [0.2, 0.25) is 0 Å². The number of rotatable bonds is 4. The Balaban J connectivity index is 2.67. The molecule has 0 aliphatic rings. The van der Waals surface area contributed by atoms with Crippen LogP contribution in [0.25, 0.3) is 11.0 Å². The molecule has 0 aliphatic heterocycles. The normalized spacial score (nSPS) is 12.2. The number of aromatic amines is 1. The second kappa shape index (κ2) is 4.79. The van der Waals surface area contributed by atoms with Crippen LogP contribution >= 0.6 is 0 Å². The van der Waals surface area contributed by atoms with Crippen molar-refractivity contribution < 1.29 is 9.90 Å². The van der Waals surface area contributed by atoms with Gasteiger partial charge in [0.25, 0.3) is 0 Å². The molecule has 0 fully saturated rings. The number of carbonyl (C=O) groups is 1. The van der Waals surface area contributed by atoms with E-state index in [4.69, 9.17) is 0 Å². The zero-order chi connectivity index (χ0) is 15.1. The molecular formula is C14H19N3O3. The summed E-state index contributed by atoms with van der Waals surface area (Å²) in [6, 6.07) is 4.85. The Labute approximate surface area is 116 Å². The van der Waals surface area contributed by atoms with Gasteiger partial charge in [-0.15, -0.1) is 0 Å². The molecule has 2 rings (SSSR count). The first-order valence-corrected chi connectivity index (χ1v) is 6.36. The number of hydrogen-bond acceptors (Lipinski definition) is 3. The number of aromatic carboxylic acids is 1. The summed E-state index contributed by atoms with van der Waals surface area (Å²) in [7, 11) is 3.86. The maximum absolute atomic E-state index is 12.1. The van der Waals surface area contributed by atoms with Gasteiger partial charge < -0.3 is 15.0 Å². The Bertz CT molecular complexity index is 710. The van der Waals surface area contributed by atoms with Gasteiger partial charge in [0, 0.05) is 12.1 Å². The molecule has 20 heavy (non-hydrogen) atoms. The van der Waals surface area contributed by atoms with Crippen LogP contribution in [0.1, 0.15) is 24.2 Å². The number of aromatic nitrogens is 2.